The van der Waals surface area contributed by atoms with Crippen molar-refractivity contribution in [3.63, 3.8) is 0 Å². The van der Waals surface area contributed by atoms with Gasteiger partial charge in [-0.05, 0) is 19.3 Å². The molecule has 0 amide bonds. The summed E-state index contributed by atoms with van der Waals surface area (Å²) in [6, 6.07) is 2.15. The minimum atomic E-state index is -2.60. The van der Waals surface area contributed by atoms with E-state index in [0.29, 0.717) is 18.4 Å². The van der Waals surface area contributed by atoms with Gasteiger partial charge in [0.1, 0.15) is 5.69 Å². The number of nitriles is 1. The summed E-state index contributed by atoms with van der Waals surface area (Å²) in [7, 11) is 1.60. The van der Waals surface area contributed by atoms with Crippen molar-refractivity contribution < 1.29 is 8.78 Å². The molecule has 3 nitrogen and oxygen atoms in total. The fourth-order valence-electron chi connectivity index (χ4n) is 2.01. The first kappa shape index (κ1) is 10.1. The molecule has 0 aliphatic heterocycles. The highest BCUT2D eigenvalue weighted by molar-refractivity contribution is 5.37. The van der Waals surface area contributed by atoms with Crippen LogP contribution < -0.4 is 0 Å². The van der Waals surface area contributed by atoms with E-state index in [0.717, 1.165) is 6.42 Å². The van der Waals surface area contributed by atoms with E-state index in [2.05, 4.69) is 11.2 Å². The van der Waals surface area contributed by atoms with Crippen LogP contribution in [0.25, 0.3) is 0 Å². The molecule has 2 rings (SSSR count). The lowest BCUT2D eigenvalue weighted by molar-refractivity contribution is 0.141. The van der Waals surface area contributed by atoms with Crippen molar-refractivity contribution in [1.82, 2.24) is 9.78 Å². The van der Waals surface area contributed by atoms with Crippen LogP contribution in [0.5, 0.6) is 0 Å². The summed E-state index contributed by atoms with van der Waals surface area (Å²) >= 11 is 0. The molecule has 0 spiro atoms. The molecule has 0 aromatic carbocycles. The van der Waals surface area contributed by atoms with Crippen molar-refractivity contribution in [2.45, 2.75) is 31.1 Å². The van der Waals surface area contributed by atoms with Gasteiger partial charge in [-0.25, -0.2) is 8.78 Å². The summed E-state index contributed by atoms with van der Waals surface area (Å²) in [5.41, 5.74) is -0.535. The van der Waals surface area contributed by atoms with Crippen molar-refractivity contribution in [2.75, 3.05) is 0 Å². The first-order chi connectivity index (χ1) is 7.09. The molecule has 1 fully saturated rings. The highest BCUT2D eigenvalue weighted by atomic mass is 19.3. The lowest BCUT2D eigenvalue weighted by Crippen LogP contribution is -2.33. The zero-order valence-corrected chi connectivity index (χ0v) is 8.37. The minimum Gasteiger partial charge on any atom is -0.275 e. The highest BCUT2D eigenvalue weighted by Crippen LogP contribution is 2.45. The normalized spacial score (nSPS) is 18.6. The Morgan fingerprint density at radius 1 is 1.60 bits per heavy atom. The van der Waals surface area contributed by atoms with Crippen molar-refractivity contribution in [1.29, 1.82) is 5.26 Å². The third kappa shape index (κ3) is 1.41. The Morgan fingerprint density at radius 3 is 2.67 bits per heavy atom. The minimum absolute atomic E-state index is 0.237. The number of aryl methyl sites for hydroxylation is 1. The lowest BCUT2D eigenvalue weighted by Gasteiger charge is -2.34. The first-order valence-electron chi connectivity index (χ1n) is 4.82. The van der Waals surface area contributed by atoms with E-state index in [9.17, 15) is 8.78 Å². The van der Waals surface area contributed by atoms with Crippen molar-refractivity contribution in [2.24, 2.45) is 7.05 Å². The van der Waals surface area contributed by atoms with Gasteiger partial charge < -0.3 is 0 Å². The second kappa shape index (κ2) is 3.30. The molecule has 1 aromatic rings. The molecular weight excluding hydrogens is 200 g/mol. The third-order valence-corrected chi connectivity index (χ3v) is 3.00. The number of nitrogens with zero attached hydrogens (tertiary/aromatic N) is 3. The molecule has 0 atom stereocenters. The molecule has 0 unspecified atom stereocenters. The molecule has 80 valence electrons. The van der Waals surface area contributed by atoms with Gasteiger partial charge in [0.05, 0.1) is 11.5 Å². The molecular formula is C10H11F2N3. The summed E-state index contributed by atoms with van der Waals surface area (Å²) in [5.74, 6) is 0. The second-order valence-electron chi connectivity index (χ2n) is 3.95. The number of hydrogen-bond acceptors (Lipinski definition) is 2. The SMILES string of the molecule is Cn1cc(C2(C#N)CCC2)c(C(F)F)n1. The van der Waals surface area contributed by atoms with E-state index >= 15 is 0 Å². The van der Waals surface area contributed by atoms with E-state index < -0.39 is 11.8 Å². The van der Waals surface area contributed by atoms with Gasteiger partial charge >= 0.3 is 0 Å². The van der Waals surface area contributed by atoms with Crippen molar-refractivity contribution in [3.8, 4) is 6.07 Å². The van der Waals surface area contributed by atoms with Crippen LogP contribution in [0.4, 0.5) is 8.78 Å². The highest BCUT2D eigenvalue weighted by Gasteiger charge is 2.43. The van der Waals surface area contributed by atoms with Crippen LogP contribution in [0.1, 0.15) is 36.9 Å². The Hall–Kier alpha value is -1.44. The van der Waals surface area contributed by atoms with E-state index in [4.69, 9.17) is 5.26 Å². The molecule has 1 aliphatic rings. The standard InChI is InChI=1S/C10H11F2N3/c1-15-5-7(8(14-15)9(11)12)10(6-13)3-2-4-10/h5,9H,2-4H2,1H3. The average molecular weight is 211 g/mol. The summed E-state index contributed by atoms with van der Waals surface area (Å²) < 4.78 is 26.7. The number of aromatic nitrogens is 2. The van der Waals surface area contributed by atoms with Gasteiger partial charge in [-0.15, -0.1) is 0 Å². The maximum Gasteiger partial charge on any atom is 0.282 e. The van der Waals surface area contributed by atoms with Crippen LogP contribution in [0, 0.1) is 11.3 Å². The summed E-state index contributed by atoms with van der Waals surface area (Å²) in [6.45, 7) is 0. The largest absolute Gasteiger partial charge is 0.282 e. The molecule has 1 aromatic heterocycles. The topological polar surface area (TPSA) is 41.6 Å². The van der Waals surface area contributed by atoms with Crippen LogP contribution >= 0.6 is 0 Å². The average Bonchev–Trinajstić information content (AvgIpc) is 2.47. The molecule has 0 saturated heterocycles. The maximum atomic E-state index is 12.7. The molecule has 5 heteroatoms. The van der Waals surface area contributed by atoms with Gasteiger partial charge in [0.15, 0.2) is 0 Å². The molecule has 0 bridgehead atoms. The number of rotatable bonds is 2. The van der Waals surface area contributed by atoms with Crippen LogP contribution in [0.15, 0.2) is 6.20 Å². The zero-order chi connectivity index (χ0) is 11.1. The Kier molecular flexibility index (Phi) is 2.22. The molecule has 1 heterocycles. The fraction of sp³-hybridized carbons (Fsp3) is 0.600. The van der Waals surface area contributed by atoms with Crippen molar-refractivity contribution >= 4 is 0 Å². The summed E-state index contributed by atoms with van der Waals surface area (Å²) in [6.07, 6.45) is 1.19. The smallest absolute Gasteiger partial charge is 0.275 e. The Labute approximate surface area is 86.3 Å². The number of halogens is 2. The quantitative estimate of drug-likeness (QED) is 0.753. The van der Waals surface area contributed by atoms with Gasteiger partial charge in [0.2, 0.25) is 0 Å². The number of alkyl halides is 2. The second-order valence-corrected chi connectivity index (χ2v) is 3.95. The third-order valence-electron chi connectivity index (χ3n) is 3.00. The Balaban J connectivity index is 2.47. The molecule has 1 saturated carbocycles. The van der Waals surface area contributed by atoms with E-state index in [1.165, 1.54) is 4.68 Å². The van der Waals surface area contributed by atoms with Crippen LogP contribution in [0.2, 0.25) is 0 Å². The van der Waals surface area contributed by atoms with Gasteiger partial charge in [0, 0.05) is 18.8 Å². The van der Waals surface area contributed by atoms with Gasteiger partial charge in [-0.1, -0.05) is 0 Å². The van der Waals surface area contributed by atoms with Gasteiger partial charge in [0.25, 0.3) is 6.43 Å². The predicted octanol–water partition coefficient (Wildman–Crippen LogP) is 2.30. The zero-order valence-electron chi connectivity index (χ0n) is 8.37. The maximum absolute atomic E-state index is 12.7. The Morgan fingerprint density at radius 2 is 2.27 bits per heavy atom. The first-order valence-corrected chi connectivity index (χ1v) is 4.82. The van der Waals surface area contributed by atoms with Crippen LogP contribution in [0.3, 0.4) is 0 Å². The number of hydrogen-bond donors (Lipinski definition) is 0. The monoisotopic (exact) mass is 211 g/mol. The molecule has 0 radical (unpaired) electrons. The van der Waals surface area contributed by atoms with Crippen molar-refractivity contribution in [3.05, 3.63) is 17.5 Å². The summed E-state index contributed by atoms with van der Waals surface area (Å²) in [5, 5.41) is 12.8. The van der Waals surface area contributed by atoms with E-state index in [1.807, 2.05) is 0 Å². The van der Waals surface area contributed by atoms with Gasteiger partial charge in [-0.2, -0.15) is 10.4 Å². The Bertz CT molecular complexity index is 413. The molecule has 15 heavy (non-hydrogen) atoms. The van der Waals surface area contributed by atoms with E-state index in [1.54, 1.807) is 13.2 Å². The van der Waals surface area contributed by atoms with E-state index in [-0.39, 0.29) is 5.69 Å². The fourth-order valence-corrected chi connectivity index (χ4v) is 2.01. The van der Waals surface area contributed by atoms with Crippen LogP contribution in [-0.4, -0.2) is 9.78 Å². The lowest BCUT2D eigenvalue weighted by atomic mass is 9.65. The van der Waals surface area contributed by atoms with Gasteiger partial charge in [-0.3, -0.25) is 4.68 Å². The molecule has 0 N–H and O–H groups in total. The molecule has 1 aliphatic carbocycles. The predicted molar refractivity (Wildman–Crippen MR) is 49.3 cm³/mol. The summed E-state index contributed by atoms with van der Waals surface area (Å²) in [4.78, 5) is 0. The van der Waals surface area contributed by atoms with Crippen LogP contribution in [-0.2, 0) is 12.5 Å².